The molecule has 0 fully saturated rings. The number of phenolic OH excluding ortho intramolecular Hbond substituents is 2. The van der Waals surface area contributed by atoms with Crippen LogP contribution in [0.25, 0.3) is 0 Å². The summed E-state index contributed by atoms with van der Waals surface area (Å²) in [5.41, 5.74) is -0.0296. The predicted molar refractivity (Wildman–Crippen MR) is 61.6 cm³/mol. The fourth-order valence-corrected chi connectivity index (χ4v) is 1.63. The van der Waals surface area contributed by atoms with Gasteiger partial charge in [0.05, 0.1) is 0 Å². The highest BCUT2D eigenvalue weighted by Crippen LogP contribution is 2.28. The van der Waals surface area contributed by atoms with Gasteiger partial charge in [-0.25, -0.2) is 0 Å². The van der Waals surface area contributed by atoms with Gasteiger partial charge in [0.25, 0.3) is 5.91 Å². The fraction of sp³-hybridized carbons (Fsp3) is 0.417. The molecule has 0 unspecified atom stereocenters. The molecule has 1 aromatic rings. The summed E-state index contributed by atoms with van der Waals surface area (Å²) in [6.45, 7) is 6.16. The van der Waals surface area contributed by atoms with Crippen molar-refractivity contribution < 1.29 is 15.0 Å². The first-order chi connectivity index (χ1) is 7.49. The fourth-order valence-electron chi connectivity index (χ4n) is 1.63. The van der Waals surface area contributed by atoms with Crippen LogP contribution in [0.15, 0.2) is 18.2 Å². The van der Waals surface area contributed by atoms with E-state index in [0.29, 0.717) is 6.54 Å². The zero-order valence-electron chi connectivity index (χ0n) is 9.77. The number of rotatable bonds is 3. The Bertz CT molecular complexity index is 368. The van der Waals surface area contributed by atoms with Gasteiger partial charge < -0.3 is 15.1 Å². The van der Waals surface area contributed by atoms with Crippen LogP contribution in [0.2, 0.25) is 0 Å². The van der Waals surface area contributed by atoms with Gasteiger partial charge in [-0.2, -0.15) is 0 Å². The van der Waals surface area contributed by atoms with Crippen LogP contribution in [0.3, 0.4) is 0 Å². The largest absolute Gasteiger partial charge is 0.507 e. The van der Waals surface area contributed by atoms with E-state index in [1.54, 1.807) is 4.90 Å². The second kappa shape index (κ2) is 4.88. The Morgan fingerprint density at radius 1 is 1.31 bits per heavy atom. The van der Waals surface area contributed by atoms with E-state index < -0.39 is 0 Å². The van der Waals surface area contributed by atoms with Crippen molar-refractivity contribution in [3.05, 3.63) is 23.8 Å². The standard InChI is InChI=1S/C12H17NO3/c1-4-13(8(2)3)12(16)11-9(14)6-5-7-10(11)15/h5-8,14-15H,4H2,1-3H3. The highest BCUT2D eigenvalue weighted by molar-refractivity contribution is 5.99. The minimum Gasteiger partial charge on any atom is -0.507 e. The van der Waals surface area contributed by atoms with E-state index in [1.807, 2.05) is 20.8 Å². The lowest BCUT2D eigenvalue weighted by Gasteiger charge is -2.25. The Kier molecular flexibility index (Phi) is 3.77. The molecule has 4 nitrogen and oxygen atoms in total. The maximum atomic E-state index is 12.1. The van der Waals surface area contributed by atoms with Crippen molar-refractivity contribution in [3.8, 4) is 11.5 Å². The van der Waals surface area contributed by atoms with Gasteiger partial charge in [-0.1, -0.05) is 6.07 Å². The van der Waals surface area contributed by atoms with E-state index in [2.05, 4.69) is 0 Å². The maximum absolute atomic E-state index is 12.1. The number of carbonyl (C=O) groups excluding carboxylic acids is 1. The molecule has 0 aliphatic carbocycles. The minimum atomic E-state index is -0.354. The molecule has 1 rings (SSSR count). The summed E-state index contributed by atoms with van der Waals surface area (Å²) < 4.78 is 0. The molecule has 0 saturated carbocycles. The van der Waals surface area contributed by atoms with Gasteiger partial charge in [-0.05, 0) is 32.9 Å². The summed E-state index contributed by atoms with van der Waals surface area (Å²) in [5, 5.41) is 19.2. The molecule has 1 amide bonds. The Labute approximate surface area is 95.1 Å². The van der Waals surface area contributed by atoms with Crippen molar-refractivity contribution in [1.29, 1.82) is 0 Å². The van der Waals surface area contributed by atoms with Gasteiger partial charge in [-0.3, -0.25) is 4.79 Å². The number of amides is 1. The zero-order chi connectivity index (χ0) is 12.3. The van der Waals surface area contributed by atoms with Gasteiger partial charge in [-0.15, -0.1) is 0 Å². The molecule has 0 aliphatic rings. The summed E-state index contributed by atoms with van der Waals surface area (Å²) in [7, 11) is 0. The third kappa shape index (κ3) is 2.27. The Hall–Kier alpha value is -1.71. The molecule has 2 N–H and O–H groups in total. The maximum Gasteiger partial charge on any atom is 0.261 e. The Balaban J connectivity index is 3.13. The van der Waals surface area contributed by atoms with Gasteiger partial charge in [0.15, 0.2) is 0 Å². The third-order valence-corrected chi connectivity index (χ3v) is 2.46. The van der Waals surface area contributed by atoms with Crippen LogP contribution in [0.1, 0.15) is 31.1 Å². The van der Waals surface area contributed by atoms with Crippen molar-refractivity contribution in [2.24, 2.45) is 0 Å². The van der Waals surface area contributed by atoms with Gasteiger partial charge >= 0.3 is 0 Å². The molecule has 88 valence electrons. The van der Waals surface area contributed by atoms with E-state index in [9.17, 15) is 15.0 Å². The van der Waals surface area contributed by atoms with Crippen molar-refractivity contribution in [1.82, 2.24) is 4.90 Å². The van der Waals surface area contributed by atoms with Crippen LogP contribution >= 0.6 is 0 Å². The highest BCUT2D eigenvalue weighted by Gasteiger charge is 2.22. The molecule has 0 heterocycles. The van der Waals surface area contributed by atoms with E-state index in [4.69, 9.17) is 0 Å². The molecule has 0 bridgehead atoms. The van der Waals surface area contributed by atoms with Crippen LogP contribution in [0, 0.1) is 0 Å². The minimum absolute atomic E-state index is 0.0245. The van der Waals surface area contributed by atoms with Crippen LogP contribution in [-0.4, -0.2) is 33.6 Å². The van der Waals surface area contributed by atoms with Crippen LogP contribution in [0.4, 0.5) is 0 Å². The first-order valence-electron chi connectivity index (χ1n) is 5.31. The third-order valence-electron chi connectivity index (χ3n) is 2.46. The number of nitrogens with zero attached hydrogens (tertiary/aromatic N) is 1. The van der Waals surface area contributed by atoms with E-state index in [0.717, 1.165) is 0 Å². The van der Waals surface area contributed by atoms with Crippen LogP contribution < -0.4 is 0 Å². The molecule has 1 aromatic carbocycles. The SMILES string of the molecule is CCN(C(=O)c1c(O)cccc1O)C(C)C. The van der Waals surface area contributed by atoms with Crippen molar-refractivity contribution in [2.45, 2.75) is 26.8 Å². The normalized spacial score (nSPS) is 10.5. The number of hydrogen-bond donors (Lipinski definition) is 2. The summed E-state index contributed by atoms with van der Waals surface area (Å²) in [6.07, 6.45) is 0. The number of aromatic hydroxyl groups is 2. The summed E-state index contributed by atoms with van der Waals surface area (Å²) in [4.78, 5) is 13.6. The second-order valence-electron chi connectivity index (χ2n) is 3.86. The van der Waals surface area contributed by atoms with Gasteiger partial charge in [0, 0.05) is 12.6 Å². The number of phenols is 2. The van der Waals surface area contributed by atoms with E-state index in [1.165, 1.54) is 18.2 Å². The molecular weight excluding hydrogens is 206 g/mol. The van der Waals surface area contributed by atoms with Gasteiger partial charge in [0.1, 0.15) is 17.1 Å². The number of hydrogen-bond acceptors (Lipinski definition) is 3. The van der Waals surface area contributed by atoms with E-state index >= 15 is 0 Å². The van der Waals surface area contributed by atoms with Crippen LogP contribution in [0.5, 0.6) is 11.5 Å². The smallest absolute Gasteiger partial charge is 0.261 e. The first kappa shape index (κ1) is 12.4. The zero-order valence-corrected chi connectivity index (χ0v) is 9.77. The molecular formula is C12H17NO3. The monoisotopic (exact) mass is 223 g/mol. The molecule has 0 aromatic heterocycles. The first-order valence-corrected chi connectivity index (χ1v) is 5.31. The topological polar surface area (TPSA) is 60.8 Å². The van der Waals surface area contributed by atoms with E-state index in [-0.39, 0.29) is 29.0 Å². The van der Waals surface area contributed by atoms with Gasteiger partial charge in [0.2, 0.25) is 0 Å². The average molecular weight is 223 g/mol. The number of benzene rings is 1. The van der Waals surface area contributed by atoms with Crippen molar-refractivity contribution in [2.75, 3.05) is 6.54 Å². The highest BCUT2D eigenvalue weighted by atomic mass is 16.3. The Morgan fingerprint density at radius 3 is 2.19 bits per heavy atom. The lowest BCUT2D eigenvalue weighted by molar-refractivity contribution is 0.0710. The molecule has 0 saturated heterocycles. The average Bonchev–Trinajstić information content (AvgIpc) is 2.17. The summed E-state index contributed by atoms with van der Waals surface area (Å²) in [6, 6.07) is 4.30. The predicted octanol–water partition coefficient (Wildman–Crippen LogP) is 1.97. The summed E-state index contributed by atoms with van der Waals surface area (Å²) >= 11 is 0. The lowest BCUT2D eigenvalue weighted by atomic mass is 10.1. The Morgan fingerprint density at radius 2 is 1.81 bits per heavy atom. The molecule has 16 heavy (non-hydrogen) atoms. The molecule has 4 heteroatoms. The van der Waals surface area contributed by atoms with Crippen molar-refractivity contribution in [3.63, 3.8) is 0 Å². The molecule has 0 aliphatic heterocycles. The second-order valence-corrected chi connectivity index (χ2v) is 3.86. The summed E-state index contributed by atoms with van der Waals surface area (Å²) in [5.74, 6) is -0.735. The van der Waals surface area contributed by atoms with Crippen LogP contribution in [-0.2, 0) is 0 Å². The van der Waals surface area contributed by atoms with Crippen molar-refractivity contribution >= 4 is 5.91 Å². The quantitative estimate of drug-likeness (QED) is 0.823. The lowest BCUT2D eigenvalue weighted by Crippen LogP contribution is -2.36. The molecule has 0 atom stereocenters. The molecule has 0 spiro atoms. The molecule has 0 radical (unpaired) electrons. The number of carbonyl (C=O) groups is 1.